The zero-order chi connectivity index (χ0) is 10.1. The predicted molar refractivity (Wildman–Crippen MR) is 44.9 cm³/mol. The van der Waals surface area contributed by atoms with Crippen molar-refractivity contribution in [2.45, 2.75) is 25.0 Å². The maximum Gasteiger partial charge on any atom is 0.225 e. The molecule has 0 aromatic carbocycles. The molecule has 0 aromatic rings. The highest BCUT2D eigenvalue weighted by Gasteiger charge is 2.32. The van der Waals surface area contributed by atoms with Crippen LogP contribution in [-0.2, 0) is 4.79 Å². The molecular formula is C8H15NO4. The SMILES string of the molecule is CC(O)(CO)CN1CC(O)CC1=O. The Balaban J connectivity index is 2.50. The molecule has 1 heterocycles. The van der Waals surface area contributed by atoms with Gasteiger partial charge >= 0.3 is 0 Å². The minimum atomic E-state index is -1.28. The van der Waals surface area contributed by atoms with Gasteiger partial charge in [-0.2, -0.15) is 0 Å². The van der Waals surface area contributed by atoms with Crippen LogP contribution in [0.5, 0.6) is 0 Å². The van der Waals surface area contributed by atoms with Crippen molar-refractivity contribution in [2.24, 2.45) is 0 Å². The molecule has 1 rings (SSSR count). The molecule has 0 saturated carbocycles. The van der Waals surface area contributed by atoms with Gasteiger partial charge in [-0.15, -0.1) is 0 Å². The van der Waals surface area contributed by atoms with Crippen LogP contribution in [0.25, 0.3) is 0 Å². The van der Waals surface area contributed by atoms with Gasteiger partial charge in [-0.1, -0.05) is 0 Å². The lowest BCUT2D eigenvalue weighted by Gasteiger charge is -2.26. The van der Waals surface area contributed by atoms with Crippen LogP contribution in [-0.4, -0.2) is 57.5 Å². The first kappa shape index (κ1) is 10.4. The summed E-state index contributed by atoms with van der Waals surface area (Å²) in [6.45, 7) is 1.37. The summed E-state index contributed by atoms with van der Waals surface area (Å²) in [6.07, 6.45) is -0.524. The number of hydrogen-bond donors (Lipinski definition) is 3. The molecule has 5 heteroatoms. The fourth-order valence-electron chi connectivity index (χ4n) is 1.37. The molecule has 76 valence electrons. The van der Waals surface area contributed by atoms with Crippen LogP contribution in [0, 0.1) is 0 Å². The van der Waals surface area contributed by atoms with Crippen LogP contribution in [0.1, 0.15) is 13.3 Å². The highest BCUT2D eigenvalue weighted by molar-refractivity contribution is 5.79. The molecule has 2 atom stereocenters. The van der Waals surface area contributed by atoms with Gasteiger partial charge in [0.15, 0.2) is 0 Å². The fraction of sp³-hybridized carbons (Fsp3) is 0.875. The van der Waals surface area contributed by atoms with Gasteiger partial charge in [0.1, 0.15) is 5.60 Å². The van der Waals surface area contributed by atoms with Crippen molar-refractivity contribution in [2.75, 3.05) is 19.7 Å². The summed E-state index contributed by atoms with van der Waals surface area (Å²) < 4.78 is 0. The van der Waals surface area contributed by atoms with E-state index in [1.54, 1.807) is 0 Å². The van der Waals surface area contributed by atoms with Crippen molar-refractivity contribution in [3.63, 3.8) is 0 Å². The number of carbonyl (C=O) groups is 1. The lowest BCUT2D eigenvalue weighted by atomic mass is 10.1. The number of β-amino-alcohol motifs (C(OH)–C–C–N with tert-alkyl or cyclic N) is 2. The monoisotopic (exact) mass is 189 g/mol. The molecule has 13 heavy (non-hydrogen) atoms. The first-order valence-corrected chi connectivity index (χ1v) is 4.24. The van der Waals surface area contributed by atoms with E-state index >= 15 is 0 Å². The lowest BCUT2D eigenvalue weighted by Crippen LogP contribution is -2.44. The Morgan fingerprint density at radius 3 is 2.69 bits per heavy atom. The number of hydrogen-bond acceptors (Lipinski definition) is 4. The van der Waals surface area contributed by atoms with Crippen molar-refractivity contribution in [1.82, 2.24) is 4.90 Å². The second-order valence-corrected chi connectivity index (χ2v) is 3.79. The molecule has 3 N–H and O–H groups in total. The van der Waals surface area contributed by atoms with Gasteiger partial charge in [0, 0.05) is 6.54 Å². The van der Waals surface area contributed by atoms with Crippen molar-refractivity contribution in [1.29, 1.82) is 0 Å². The largest absolute Gasteiger partial charge is 0.393 e. The summed E-state index contributed by atoms with van der Waals surface area (Å²) in [7, 11) is 0. The van der Waals surface area contributed by atoms with Crippen molar-refractivity contribution >= 4 is 5.91 Å². The van der Waals surface area contributed by atoms with Crippen LogP contribution in [0.3, 0.4) is 0 Å². The highest BCUT2D eigenvalue weighted by Crippen LogP contribution is 2.14. The Hall–Kier alpha value is -0.650. The number of amides is 1. The average molecular weight is 189 g/mol. The molecule has 0 bridgehead atoms. The van der Waals surface area contributed by atoms with Gasteiger partial charge in [0.2, 0.25) is 5.91 Å². The quantitative estimate of drug-likeness (QED) is 0.495. The molecule has 0 aromatic heterocycles. The second-order valence-electron chi connectivity index (χ2n) is 3.79. The van der Waals surface area contributed by atoms with E-state index in [9.17, 15) is 9.90 Å². The van der Waals surface area contributed by atoms with Crippen LogP contribution < -0.4 is 0 Å². The fourth-order valence-corrected chi connectivity index (χ4v) is 1.37. The number of aliphatic hydroxyl groups is 3. The van der Waals surface area contributed by atoms with E-state index in [0.29, 0.717) is 0 Å². The lowest BCUT2D eigenvalue weighted by molar-refractivity contribution is -0.131. The molecule has 1 aliphatic heterocycles. The molecule has 5 nitrogen and oxygen atoms in total. The summed E-state index contributed by atoms with van der Waals surface area (Å²) >= 11 is 0. The van der Waals surface area contributed by atoms with Gasteiger partial charge < -0.3 is 20.2 Å². The summed E-state index contributed by atoms with van der Waals surface area (Å²) in [6, 6.07) is 0. The predicted octanol–water partition coefficient (Wildman–Crippen LogP) is -1.68. The van der Waals surface area contributed by atoms with Crippen LogP contribution in [0.4, 0.5) is 0 Å². The Kier molecular flexibility index (Phi) is 2.90. The maximum absolute atomic E-state index is 11.2. The molecular weight excluding hydrogens is 174 g/mol. The van der Waals surface area contributed by atoms with E-state index in [1.165, 1.54) is 11.8 Å². The van der Waals surface area contributed by atoms with E-state index in [2.05, 4.69) is 0 Å². The van der Waals surface area contributed by atoms with E-state index in [1.807, 2.05) is 0 Å². The third kappa shape index (κ3) is 2.65. The first-order chi connectivity index (χ1) is 5.94. The molecule has 0 spiro atoms. The average Bonchev–Trinajstić information content (AvgIpc) is 2.30. The van der Waals surface area contributed by atoms with Gasteiger partial charge in [0.05, 0.1) is 25.7 Å². The Morgan fingerprint density at radius 2 is 2.31 bits per heavy atom. The minimum absolute atomic E-state index is 0.0688. The topological polar surface area (TPSA) is 81.0 Å². The Morgan fingerprint density at radius 1 is 1.69 bits per heavy atom. The number of likely N-dealkylation sites (tertiary alicyclic amines) is 1. The van der Waals surface area contributed by atoms with Gasteiger partial charge in [-0.25, -0.2) is 0 Å². The van der Waals surface area contributed by atoms with Crippen molar-refractivity contribution < 1.29 is 20.1 Å². The van der Waals surface area contributed by atoms with Crippen LogP contribution >= 0.6 is 0 Å². The second kappa shape index (κ2) is 3.61. The summed E-state index contributed by atoms with van der Waals surface area (Å²) in [4.78, 5) is 12.5. The molecule has 1 aliphatic rings. The van der Waals surface area contributed by atoms with Crippen LogP contribution in [0.2, 0.25) is 0 Å². The standard InChI is InChI=1S/C8H15NO4/c1-8(13,5-10)4-9-3-6(11)2-7(9)12/h6,10-11,13H,2-5H2,1H3. The molecule has 0 aliphatic carbocycles. The molecule has 0 radical (unpaired) electrons. The van der Waals surface area contributed by atoms with E-state index in [-0.39, 0.29) is 25.4 Å². The maximum atomic E-state index is 11.2. The van der Waals surface area contributed by atoms with Gasteiger partial charge in [-0.3, -0.25) is 4.79 Å². The minimum Gasteiger partial charge on any atom is -0.393 e. The highest BCUT2D eigenvalue weighted by atomic mass is 16.3. The van der Waals surface area contributed by atoms with E-state index < -0.39 is 18.3 Å². The molecule has 1 saturated heterocycles. The van der Waals surface area contributed by atoms with E-state index in [0.717, 1.165) is 0 Å². The molecule has 1 fully saturated rings. The zero-order valence-electron chi connectivity index (χ0n) is 7.60. The third-order valence-corrected chi connectivity index (χ3v) is 2.07. The Bertz CT molecular complexity index is 204. The van der Waals surface area contributed by atoms with Crippen molar-refractivity contribution in [3.05, 3.63) is 0 Å². The van der Waals surface area contributed by atoms with Crippen LogP contribution in [0.15, 0.2) is 0 Å². The molecule has 1 amide bonds. The summed E-state index contributed by atoms with van der Waals surface area (Å²) in [5.41, 5.74) is -1.28. The smallest absolute Gasteiger partial charge is 0.225 e. The van der Waals surface area contributed by atoms with Gasteiger partial charge in [-0.05, 0) is 6.92 Å². The van der Waals surface area contributed by atoms with E-state index in [4.69, 9.17) is 10.2 Å². The first-order valence-electron chi connectivity index (χ1n) is 4.24. The zero-order valence-corrected chi connectivity index (χ0v) is 7.60. The number of carbonyl (C=O) groups excluding carboxylic acids is 1. The summed E-state index contributed by atoms with van der Waals surface area (Å²) in [5, 5.41) is 27.4. The van der Waals surface area contributed by atoms with Crippen molar-refractivity contribution in [3.8, 4) is 0 Å². The summed E-state index contributed by atoms with van der Waals surface area (Å²) in [5.74, 6) is -0.179. The molecule has 2 unspecified atom stereocenters. The normalized spacial score (nSPS) is 27.8. The number of aliphatic hydroxyl groups excluding tert-OH is 2. The van der Waals surface area contributed by atoms with Gasteiger partial charge in [0.25, 0.3) is 0 Å². The third-order valence-electron chi connectivity index (χ3n) is 2.07. The number of rotatable bonds is 3. The Labute approximate surface area is 76.6 Å². The number of nitrogens with zero attached hydrogens (tertiary/aromatic N) is 1.